The molecular weight excluding hydrogens is 314 g/mol. The third kappa shape index (κ3) is 3.19. The van der Waals surface area contributed by atoms with E-state index in [2.05, 4.69) is 64.3 Å². The van der Waals surface area contributed by atoms with E-state index in [1.165, 1.54) is 11.1 Å². The van der Waals surface area contributed by atoms with Crippen molar-refractivity contribution in [1.29, 1.82) is 0 Å². The first-order valence-electron chi connectivity index (χ1n) is 6.74. The van der Waals surface area contributed by atoms with Gasteiger partial charge in [0.1, 0.15) is 5.82 Å². The molecule has 1 aromatic carbocycles. The maximum absolute atomic E-state index is 6.08. The van der Waals surface area contributed by atoms with Gasteiger partial charge in [-0.15, -0.1) is 0 Å². The van der Waals surface area contributed by atoms with Crippen molar-refractivity contribution in [1.82, 2.24) is 10.3 Å². The van der Waals surface area contributed by atoms with E-state index in [9.17, 15) is 0 Å². The molecule has 1 unspecified atom stereocenters. The first-order valence-corrected chi connectivity index (χ1v) is 7.53. The van der Waals surface area contributed by atoms with Crippen LogP contribution < -0.4 is 11.1 Å². The molecule has 0 aliphatic rings. The van der Waals surface area contributed by atoms with Gasteiger partial charge in [0.2, 0.25) is 0 Å². The molecule has 0 aliphatic carbocycles. The van der Waals surface area contributed by atoms with Crippen LogP contribution in [0.5, 0.6) is 0 Å². The molecule has 0 radical (unpaired) electrons. The molecule has 4 heteroatoms. The van der Waals surface area contributed by atoms with Crippen LogP contribution >= 0.6 is 15.9 Å². The minimum Gasteiger partial charge on any atom is -0.383 e. The van der Waals surface area contributed by atoms with Crippen molar-refractivity contribution < 1.29 is 0 Å². The zero-order valence-corrected chi connectivity index (χ0v) is 13.7. The average molecular weight is 334 g/mol. The Labute approximate surface area is 128 Å². The molecule has 0 saturated carbocycles. The van der Waals surface area contributed by atoms with Gasteiger partial charge in [-0.1, -0.05) is 28.9 Å². The number of rotatable bonds is 4. The van der Waals surface area contributed by atoms with E-state index >= 15 is 0 Å². The van der Waals surface area contributed by atoms with Crippen molar-refractivity contribution in [2.75, 3.05) is 12.3 Å². The van der Waals surface area contributed by atoms with Gasteiger partial charge in [-0.2, -0.15) is 0 Å². The minimum atomic E-state index is 0.0699. The van der Waals surface area contributed by atoms with Gasteiger partial charge in [0.25, 0.3) is 0 Å². The van der Waals surface area contributed by atoms with E-state index in [-0.39, 0.29) is 6.04 Å². The van der Waals surface area contributed by atoms with Crippen molar-refractivity contribution in [2.24, 2.45) is 0 Å². The van der Waals surface area contributed by atoms with Crippen LogP contribution in [0.25, 0.3) is 0 Å². The Morgan fingerprint density at radius 2 is 2.00 bits per heavy atom. The number of nitrogen functional groups attached to an aromatic ring is 1. The van der Waals surface area contributed by atoms with E-state index in [0.29, 0.717) is 5.82 Å². The van der Waals surface area contributed by atoms with Gasteiger partial charge in [0.05, 0.1) is 6.04 Å². The Morgan fingerprint density at radius 3 is 2.65 bits per heavy atom. The molecule has 20 heavy (non-hydrogen) atoms. The van der Waals surface area contributed by atoms with Gasteiger partial charge in [-0.25, -0.2) is 4.98 Å². The van der Waals surface area contributed by atoms with E-state index in [1.807, 2.05) is 6.92 Å². The van der Waals surface area contributed by atoms with Crippen LogP contribution in [0.3, 0.4) is 0 Å². The molecule has 0 bridgehead atoms. The van der Waals surface area contributed by atoms with E-state index in [1.54, 1.807) is 6.20 Å². The number of anilines is 1. The molecule has 0 saturated heterocycles. The highest BCUT2D eigenvalue weighted by atomic mass is 79.9. The molecule has 2 aromatic rings. The van der Waals surface area contributed by atoms with E-state index in [4.69, 9.17) is 5.73 Å². The first kappa shape index (κ1) is 15.0. The Morgan fingerprint density at radius 1 is 1.25 bits per heavy atom. The maximum Gasteiger partial charge on any atom is 0.128 e. The Hall–Kier alpha value is -1.39. The lowest BCUT2D eigenvalue weighted by Gasteiger charge is -2.22. The fraction of sp³-hybridized carbons (Fsp3) is 0.312. The zero-order chi connectivity index (χ0) is 14.7. The van der Waals surface area contributed by atoms with E-state index in [0.717, 1.165) is 22.1 Å². The number of aromatic nitrogens is 1. The third-order valence-corrected chi connectivity index (χ3v) is 3.84. The second-order valence-electron chi connectivity index (χ2n) is 4.98. The highest BCUT2D eigenvalue weighted by Gasteiger charge is 2.18. The van der Waals surface area contributed by atoms with Gasteiger partial charge in [-0.05, 0) is 55.3 Å². The number of benzene rings is 1. The molecule has 3 N–H and O–H groups in total. The quantitative estimate of drug-likeness (QED) is 0.895. The van der Waals surface area contributed by atoms with Crippen molar-refractivity contribution in [3.05, 3.63) is 57.2 Å². The lowest BCUT2D eigenvalue weighted by atomic mass is 9.94. The van der Waals surface area contributed by atoms with Crippen LogP contribution in [0.15, 0.2) is 34.9 Å². The lowest BCUT2D eigenvalue weighted by Crippen LogP contribution is -2.24. The lowest BCUT2D eigenvalue weighted by molar-refractivity contribution is 0.627. The summed E-state index contributed by atoms with van der Waals surface area (Å²) >= 11 is 3.51. The molecule has 2 rings (SSSR count). The van der Waals surface area contributed by atoms with Gasteiger partial charge in [0.15, 0.2) is 0 Å². The fourth-order valence-corrected chi connectivity index (χ4v) is 2.86. The standard InChI is InChI=1S/C16H20BrN3/c1-4-19-15(13-6-5-12(17)8-11(13)3)14-7-10(2)9-20-16(14)18/h5-9,15,19H,4H2,1-3H3,(H2,18,20). The number of aryl methyl sites for hydroxylation is 2. The number of nitrogens with one attached hydrogen (secondary N) is 1. The summed E-state index contributed by atoms with van der Waals surface area (Å²) in [7, 11) is 0. The van der Waals surface area contributed by atoms with Crippen molar-refractivity contribution >= 4 is 21.7 Å². The van der Waals surface area contributed by atoms with Crippen molar-refractivity contribution in [3.63, 3.8) is 0 Å². The molecule has 1 aromatic heterocycles. The molecule has 0 aliphatic heterocycles. The molecule has 1 heterocycles. The smallest absolute Gasteiger partial charge is 0.128 e. The van der Waals surface area contributed by atoms with Crippen LogP contribution in [0.2, 0.25) is 0 Å². The summed E-state index contributed by atoms with van der Waals surface area (Å²) in [5.74, 6) is 0.587. The minimum absolute atomic E-state index is 0.0699. The maximum atomic E-state index is 6.08. The summed E-state index contributed by atoms with van der Waals surface area (Å²) in [6.07, 6.45) is 1.80. The molecule has 0 spiro atoms. The van der Waals surface area contributed by atoms with Crippen LogP contribution in [-0.4, -0.2) is 11.5 Å². The van der Waals surface area contributed by atoms with Gasteiger partial charge in [-0.3, -0.25) is 0 Å². The molecule has 1 atom stereocenters. The number of hydrogen-bond acceptors (Lipinski definition) is 3. The number of nitrogens with two attached hydrogens (primary N) is 1. The topological polar surface area (TPSA) is 50.9 Å². The second kappa shape index (κ2) is 6.37. The SMILES string of the molecule is CCNC(c1ccc(Br)cc1C)c1cc(C)cnc1N. The van der Waals surface area contributed by atoms with Crippen molar-refractivity contribution in [2.45, 2.75) is 26.8 Å². The van der Waals surface area contributed by atoms with Crippen LogP contribution in [0, 0.1) is 13.8 Å². The Kier molecular flexibility index (Phi) is 4.78. The second-order valence-corrected chi connectivity index (χ2v) is 5.89. The first-order chi connectivity index (χ1) is 9.52. The normalized spacial score (nSPS) is 12.4. The molecule has 106 valence electrons. The number of hydrogen-bond donors (Lipinski definition) is 2. The van der Waals surface area contributed by atoms with Crippen molar-refractivity contribution in [3.8, 4) is 0 Å². The van der Waals surface area contributed by atoms with Crippen LogP contribution in [0.1, 0.15) is 35.2 Å². The monoisotopic (exact) mass is 333 g/mol. The summed E-state index contributed by atoms with van der Waals surface area (Å²) in [4.78, 5) is 4.28. The molecule has 0 amide bonds. The van der Waals surface area contributed by atoms with E-state index < -0.39 is 0 Å². The summed E-state index contributed by atoms with van der Waals surface area (Å²) in [6.45, 7) is 7.12. The zero-order valence-electron chi connectivity index (χ0n) is 12.1. The fourth-order valence-electron chi connectivity index (χ4n) is 2.39. The number of nitrogens with zero attached hydrogens (tertiary/aromatic N) is 1. The Balaban J connectivity index is 2.53. The summed E-state index contributed by atoms with van der Waals surface area (Å²) in [5.41, 5.74) is 10.7. The molecule has 3 nitrogen and oxygen atoms in total. The predicted octanol–water partition coefficient (Wildman–Crippen LogP) is 3.74. The summed E-state index contributed by atoms with van der Waals surface area (Å²) < 4.78 is 1.09. The van der Waals surface area contributed by atoms with Crippen LogP contribution in [0.4, 0.5) is 5.82 Å². The predicted molar refractivity (Wildman–Crippen MR) is 87.8 cm³/mol. The largest absolute Gasteiger partial charge is 0.383 e. The third-order valence-electron chi connectivity index (χ3n) is 3.35. The summed E-state index contributed by atoms with van der Waals surface area (Å²) in [6, 6.07) is 8.50. The van der Waals surface area contributed by atoms with Crippen LogP contribution in [-0.2, 0) is 0 Å². The molecule has 0 fully saturated rings. The van der Waals surface area contributed by atoms with Gasteiger partial charge < -0.3 is 11.1 Å². The highest BCUT2D eigenvalue weighted by molar-refractivity contribution is 9.10. The Bertz CT molecular complexity index is 611. The number of halogens is 1. The highest BCUT2D eigenvalue weighted by Crippen LogP contribution is 2.29. The van der Waals surface area contributed by atoms with Gasteiger partial charge in [0, 0.05) is 16.2 Å². The summed E-state index contributed by atoms with van der Waals surface area (Å²) in [5, 5.41) is 3.51. The molecular formula is C16H20BrN3. The average Bonchev–Trinajstić information content (AvgIpc) is 2.40. The number of pyridine rings is 1. The van der Waals surface area contributed by atoms with Gasteiger partial charge >= 0.3 is 0 Å².